The van der Waals surface area contributed by atoms with Crippen molar-refractivity contribution < 1.29 is 9.94 Å². The van der Waals surface area contributed by atoms with Crippen LogP contribution in [0.3, 0.4) is 0 Å². The maximum absolute atomic E-state index is 9.52. The predicted molar refractivity (Wildman–Crippen MR) is 91.0 cm³/mol. The molecule has 1 heterocycles. The molecular formula is C19H22N2O2. The summed E-state index contributed by atoms with van der Waals surface area (Å²) in [7, 11) is 0. The molecule has 1 N–H and O–H groups in total. The quantitative estimate of drug-likeness (QED) is 0.523. The summed E-state index contributed by atoms with van der Waals surface area (Å²) in [5.74, 6) is 0. The Bertz CT molecular complexity index is 622. The Morgan fingerprint density at radius 3 is 2.22 bits per heavy atom. The van der Waals surface area contributed by atoms with Gasteiger partial charge in [-0.1, -0.05) is 65.8 Å². The fourth-order valence-corrected chi connectivity index (χ4v) is 3.05. The summed E-state index contributed by atoms with van der Waals surface area (Å²) in [6.07, 6.45) is 0.671. The highest BCUT2D eigenvalue weighted by Gasteiger charge is 2.24. The molecular weight excluding hydrogens is 288 g/mol. The Hall–Kier alpha value is -2.17. The van der Waals surface area contributed by atoms with Gasteiger partial charge in [-0.3, -0.25) is 4.90 Å². The highest BCUT2D eigenvalue weighted by Crippen LogP contribution is 2.27. The van der Waals surface area contributed by atoms with Crippen LogP contribution < -0.4 is 0 Å². The van der Waals surface area contributed by atoms with Gasteiger partial charge in [0.25, 0.3) is 0 Å². The second-order valence-electron chi connectivity index (χ2n) is 5.69. The van der Waals surface area contributed by atoms with Crippen molar-refractivity contribution in [3.8, 4) is 0 Å². The number of oxime groups is 1. The zero-order valence-corrected chi connectivity index (χ0v) is 13.1. The van der Waals surface area contributed by atoms with Gasteiger partial charge in [-0.15, -0.1) is 0 Å². The summed E-state index contributed by atoms with van der Waals surface area (Å²) in [5, 5.41) is 13.1. The SMILES string of the molecule is ON=C(CC(c1ccccc1)N1CCOCC1)c1ccccc1. The van der Waals surface area contributed by atoms with E-state index in [9.17, 15) is 5.21 Å². The zero-order valence-electron chi connectivity index (χ0n) is 13.1. The van der Waals surface area contributed by atoms with Crippen molar-refractivity contribution in [2.24, 2.45) is 5.16 Å². The number of hydrogen-bond donors (Lipinski definition) is 1. The summed E-state index contributed by atoms with van der Waals surface area (Å²) in [4.78, 5) is 2.41. The summed E-state index contributed by atoms with van der Waals surface area (Å²) in [6, 6.07) is 20.5. The van der Waals surface area contributed by atoms with Gasteiger partial charge in [-0.25, -0.2) is 0 Å². The Morgan fingerprint density at radius 1 is 1.00 bits per heavy atom. The molecule has 1 saturated heterocycles. The molecule has 1 fully saturated rings. The molecule has 0 bridgehead atoms. The van der Waals surface area contributed by atoms with Gasteiger partial charge in [0.15, 0.2) is 0 Å². The minimum absolute atomic E-state index is 0.186. The third-order valence-electron chi connectivity index (χ3n) is 4.29. The standard InChI is InChI=1S/C19H22N2O2/c22-20-18(16-7-3-1-4-8-16)15-19(17-9-5-2-6-10-17)21-11-13-23-14-12-21/h1-10,19,22H,11-15H2. The van der Waals surface area contributed by atoms with Gasteiger partial charge in [-0.05, 0) is 11.1 Å². The molecule has 0 aliphatic carbocycles. The molecule has 1 unspecified atom stereocenters. The minimum Gasteiger partial charge on any atom is -0.411 e. The highest BCUT2D eigenvalue weighted by atomic mass is 16.5. The Morgan fingerprint density at radius 2 is 1.61 bits per heavy atom. The Labute approximate surface area is 137 Å². The lowest BCUT2D eigenvalue weighted by atomic mass is 9.95. The third-order valence-corrected chi connectivity index (χ3v) is 4.29. The summed E-state index contributed by atoms with van der Waals surface area (Å²) in [6.45, 7) is 3.29. The van der Waals surface area contributed by atoms with Crippen molar-refractivity contribution in [3.63, 3.8) is 0 Å². The van der Waals surface area contributed by atoms with E-state index in [-0.39, 0.29) is 6.04 Å². The second-order valence-corrected chi connectivity index (χ2v) is 5.69. The van der Waals surface area contributed by atoms with Crippen LogP contribution >= 0.6 is 0 Å². The highest BCUT2D eigenvalue weighted by molar-refractivity contribution is 6.00. The molecule has 0 aromatic heterocycles. The van der Waals surface area contributed by atoms with Crippen molar-refractivity contribution in [1.82, 2.24) is 4.90 Å². The van der Waals surface area contributed by atoms with E-state index in [2.05, 4.69) is 34.3 Å². The maximum atomic E-state index is 9.52. The van der Waals surface area contributed by atoms with Crippen LogP contribution in [-0.4, -0.2) is 42.1 Å². The first-order valence-corrected chi connectivity index (χ1v) is 8.01. The molecule has 0 spiro atoms. The van der Waals surface area contributed by atoms with E-state index in [4.69, 9.17) is 4.74 Å². The van der Waals surface area contributed by atoms with Crippen LogP contribution in [0.4, 0.5) is 0 Å². The largest absolute Gasteiger partial charge is 0.411 e. The van der Waals surface area contributed by atoms with Crippen LogP contribution in [0.15, 0.2) is 65.8 Å². The second kappa shape index (κ2) is 7.90. The third kappa shape index (κ3) is 3.97. The maximum Gasteiger partial charge on any atom is 0.0886 e. The van der Waals surface area contributed by atoms with E-state index in [1.807, 2.05) is 36.4 Å². The van der Waals surface area contributed by atoms with Gasteiger partial charge >= 0.3 is 0 Å². The minimum atomic E-state index is 0.186. The smallest absolute Gasteiger partial charge is 0.0886 e. The Kier molecular flexibility index (Phi) is 5.40. The molecule has 0 amide bonds. The van der Waals surface area contributed by atoms with Gasteiger partial charge in [-0.2, -0.15) is 0 Å². The first kappa shape index (κ1) is 15.7. The first-order chi connectivity index (χ1) is 11.4. The van der Waals surface area contributed by atoms with E-state index >= 15 is 0 Å². The molecule has 120 valence electrons. The van der Waals surface area contributed by atoms with Gasteiger partial charge in [0.1, 0.15) is 0 Å². The molecule has 23 heavy (non-hydrogen) atoms. The average Bonchev–Trinajstić information content (AvgIpc) is 2.65. The van der Waals surface area contributed by atoms with Crippen LogP contribution in [0.1, 0.15) is 23.6 Å². The molecule has 1 atom stereocenters. The number of rotatable bonds is 5. The summed E-state index contributed by atoms with van der Waals surface area (Å²) in [5.41, 5.74) is 2.92. The molecule has 4 heteroatoms. The zero-order chi connectivity index (χ0) is 15.9. The number of hydrogen-bond acceptors (Lipinski definition) is 4. The lowest BCUT2D eigenvalue weighted by Gasteiger charge is -2.35. The van der Waals surface area contributed by atoms with Crippen LogP contribution in [0.25, 0.3) is 0 Å². The van der Waals surface area contributed by atoms with Crippen molar-refractivity contribution in [1.29, 1.82) is 0 Å². The van der Waals surface area contributed by atoms with Crippen LogP contribution in [0, 0.1) is 0 Å². The molecule has 2 aromatic carbocycles. The van der Waals surface area contributed by atoms with Crippen LogP contribution in [0.5, 0.6) is 0 Å². The van der Waals surface area contributed by atoms with E-state index < -0.39 is 0 Å². The summed E-state index contributed by atoms with van der Waals surface area (Å²) >= 11 is 0. The van der Waals surface area contributed by atoms with Crippen molar-refractivity contribution >= 4 is 5.71 Å². The number of benzene rings is 2. The number of morpholine rings is 1. The number of nitrogens with zero attached hydrogens (tertiary/aromatic N) is 2. The van der Waals surface area contributed by atoms with Gasteiger partial charge in [0.2, 0.25) is 0 Å². The predicted octanol–water partition coefficient (Wildman–Crippen LogP) is 3.33. The van der Waals surface area contributed by atoms with Crippen LogP contribution in [0.2, 0.25) is 0 Å². The molecule has 3 rings (SSSR count). The topological polar surface area (TPSA) is 45.1 Å². The van der Waals surface area contributed by atoms with Gasteiger partial charge < -0.3 is 9.94 Å². The molecule has 4 nitrogen and oxygen atoms in total. The van der Waals surface area contributed by atoms with Crippen molar-refractivity contribution in [3.05, 3.63) is 71.8 Å². The van der Waals surface area contributed by atoms with Crippen LogP contribution in [-0.2, 0) is 4.74 Å². The van der Waals surface area contributed by atoms with E-state index in [1.54, 1.807) is 0 Å². The van der Waals surface area contributed by atoms with Gasteiger partial charge in [0, 0.05) is 25.6 Å². The molecule has 0 radical (unpaired) electrons. The normalized spacial score (nSPS) is 17.8. The van der Waals surface area contributed by atoms with Crippen molar-refractivity contribution in [2.45, 2.75) is 12.5 Å². The fourth-order valence-electron chi connectivity index (χ4n) is 3.05. The van der Waals surface area contributed by atoms with E-state index in [1.165, 1.54) is 5.56 Å². The first-order valence-electron chi connectivity index (χ1n) is 8.01. The molecule has 0 saturated carbocycles. The van der Waals surface area contributed by atoms with Crippen molar-refractivity contribution in [2.75, 3.05) is 26.3 Å². The van der Waals surface area contributed by atoms with Gasteiger partial charge in [0.05, 0.1) is 18.9 Å². The molecule has 2 aromatic rings. The monoisotopic (exact) mass is 310 g/mol. The fraction of sp³-hybridized carbons (Fsp3) is 0.316. The number of ether oxygens (including phenoxy) is 1. The lowest BCUT2D eigenvalue weighted by Crippen LogP contribution is -2.40. The van der Waals surface area contributed by atoms with E-state index in [0.717, 1.165) is 31.9 Å². The average molecular weight is 310 g/mol. The lowest BCUT2D eigenvalue weighted by molar-refractivity contribution is 0.0174. The van der Waals surface area contributed by atoms with E-state index in [0.29, 0.717) is 12.1 Å². The molecule has 1 aliphatic heterocycles. The Balaban J connectivity index is 1.86. The summed E-state index contributed by atoms with van der Waals surface area (Å²) < 4.78 is 5.48. The molecule has 1 aliphatic rings.